The van der Waals surface area contributed by atoms with Gasteiger partial charge in [0.25, 0.3) is 0 Å². The van der Waals surface area contributed by atoms with Crippen molar-refractivity contribution in [1.29, 1.82) is 0 Å². The maximum absolute atomic E-state index is 13.0. The number of aromatic nitrogens is 4. The Morgan fingerprint density at radius 3 is 2.33 bits per heavy atom. The van der Waals surface area contributed by atoms with E-state index in [0.29, 0.717) is 12.4 Å². The SMILES string of the molecule is FC(F)(F)c1ccc([C@@H](c2nnnn2CCc2ccccc2)N2CCSCC2)cc1. The summed E-state index contributed by atoms with van der Waals surface area (Å²) in [7, 11) is 0. The van der Waals surface area contributed by atoms with Crippen LogP contribution in [-0.4, -0.2) is 49.7 Å². The quantitative estimate of drug-likeness (QED) is 0.587. The fourth-order valence-corrected chi connectivity index (χ4v) is 4.59. The minimum Gasteiger partial charge on any atom is -0.288 e. The third-order valence-electron chi connectivity index (χ3n) is 5.22. The van der Waals surface area contributed by atoms with Crippen LogP contribution in [-0.2, 0) is 19.1 Å². The van der Waals surface area contributed by atoms with Gasteiger partial charge >= 0.3 is 6.18 Å². The summed E-state index contributed by atoms with van der Waals surface area (Å²) in [6.45, 7) is 2.27. The monoisotopic (exact) mass is 433 g/mol. The molecule has 0 amide bonds. The first-order chi connectivity index (χ1) is 14.5. The molecule has 0 unspecified atom stereocenters. The van der Waals surface area contributed by atoms with Crippen LogP contribution in [0.3, 0.4) is 0 Å². The highest BCUT2D eigenvalue weighted by Crippen LogP contribution is 2.33. The van der Waals surface area contributed by atoms with Crippen molar-refractivity contribution in [3.8, 4) is 0 Å². The van der Waals surface area contributed by atoms with Crippen molar-refractivity contribution in [1.82, 2.24) is 25.1 Å². The highest BCUT2D eigenvalue weighted by atomic mass is 32.2. The van der Waals surface area contributed by atoms with Gasteiger partial charge in [0.2, 0.25) is 0 Å². The topological polar surface area (TPSA) is 46.8 Å². The van der Waals surface area contributed by atoms with Crippen molar-refractivity contribution in [2.75, 3.05) is 24.6 Å². The Bertz CT molecular complexity index is 937. The van der Waals surface area contributed by atoms with Gasteiger partial charge in [-0.2, -0.15) is 24.9 Å². The lowest BCUT2D eigenvalue weighted by Crippen LogP contribution is -2.38. The molecule has 0 radical (unpaired) electrons. The van der Waals surface area contributed by atoms with Gasteiger partial charge in [-0.1, -0.05) is 42.5 Å². The predicted octanol–water partition coefficient (Wildman–Crippen LogP) is 4.07. The molecule has 0 bridgehead atoms. The van der Waals surface area contributed by atoms with E-state index in [0.717, 1.165) is 48.7 Å². The van der Waals surface area contributed by atoms with Gasteiger partial charge in [-0.15, -0.1) is 5.10 Å². The molecular weight excluding hydrogens is 411 g/mol. The van der Waals surface area contributed by atoms with Crippen molar-refractivity contribution >= 4 is 11.8 Å². The predicted molar refractivity (Wildman–Crippen MR) is 110 cm³/mol. The summed E-state index contributed by atoms with van der Waals surface area (Å²) in [5, 5.41) is 12.3. The molecule has 0 saturated carbocycles. The maximum atomic E-state index is 13.0. The summed E-state index contributed by atoms with van der Waals surface area (Å²) < 4.78 is 40.8. The number of alkyl halides is 3. The Kier molecular flexibility index (Phi) is 6.38. The second-order valence-corrected chi connectivity index (χ2v) is 8.39. The van der Waals surface area contributed by atoms with Crippen LogP contribution >= 0.6 is 11.8 Å². The number of halogens is 3. The Morgan fingerprint density at radius 1 is 0.967 bits per heavy atom. The molecular formula is C21H22F3N5S. The summed E-state index contributed by atoms with van der Waals surface area (Å²) >= 11 is 1.88. The second-order valence-electron chi connectivity index (χ2n) is 7.17. The average Bonchev–Trinajstić information content (AvgIpc) is 3.22. The zero-order valence-electron chi connectivity index (χ0n) is 16.3. The van der Waals surface area contributed by atoms with Crippen molar-refractivity contribution in [3.05, 3.63) is 77.1 Å². The van der Waals surface area contributed by atoms with Crippen molar-refractivity contribution in [3.63, 3.8) is 0 Å². The Balaban J connectivity index is 1.63. The third kappa shape index (κ3) is 4.84. The molecule has 1 fully saturated rings. The van der Waals surface area contributed by atoms with Gasteiger partial charge in [0.1, 0.15) is 0 Å². The molecule has 158 valence electrons. The van der Waals surface area contributed by atoms with Crippen molar-refractivity contribution in [2.24, 2.45) is 0 Å². The van der Waals surface area contributed by atoms with E-state index in [1.54, 1.807) is 16.8 Å². The lowest BCUT2D eigenvalue weighted by Gasteiger charge is -2.33. The molecule has 0 N–H and O–H groups in total. The van der Waals surface area contributed by atoms with E-state index in [1.807, 2.05) is 30.0 Å². The molecule has 0 spiro atoms. The molecule has 3 aromatic rings. The third-order valence-corrected chi connectivity index (χ3v) is 6.17. The number of tetrazole rings is 1. The van der Waals surface area contributed by atoms with Gasteiger partial charge in [-0.3, -0.25) is 4.90 Å². The largest absolute Gasteiger partial charge is 0.416 e. The first kappa shape index (κ1) is 20.9. The van der Waals surface area contributed by atoms with E-state index in [-0.39, 0.29) is 6.04 Å². The molecule has 1 aliphatic heterocycles. The van der Waals surface area contributed by atoms with E-state index < -0.39 is 11.7 Å². The highest BCUT2D eigenvalue weighted by Gasteiger charge is 2.32. The van der Waals surface area contributed by atoms with Gasteiger partial charge in [0.05, 0.1) is 11.6 Å². The van der Waals surface area contributed by atoms with Gasteiger partial charge in [0.15, 0.2) is 5.82 Å². The van der Waals surface area contributed by atoms with E-state index in [1.165, 1.54) is 5.56 Å². The molecule has 2 aromatic carbocycles. The summed E-state index contributed by atoms with van der Waals surface area (Å²) in [6.07, 6.45) is -3.58. The molecule has 2 heterocycles. The minimum atomic E-state index is -4.35. The molecule has 4 rings (SSSR count). The lowest BCUT2D eigenvalue weighted by molar-refractivity contribution is -0.137. The number of benzene rings is 2. The van der Waals surface area contributed by atoms with Gasteiger partial charge in [0, 0.05) is 31.1 Å². The number of hydrogen-bond donors (Lipinski definition) is 0. The number of thioether (sulfide) groups is 1. The minimum absolute atomic E-state index is 0.279. The van der Waals surface area contributed by atoms with Crippen LogP contribution in [0, 0.1) is 0 Å². The molecule has 9 heteroatoms. The molecule has 1 saturated heterocycles. The molecule has 30 heavy (non-hydrogen) atoms. The molecule has 1 aromatic heterocycles. The van der Waals surface area contributed by atoms with Crippen molar-refractivity contribution < 1.29 is 13.2 Å². The van der Waals surface area contributed by atoms with Gasteiger partial charge in [-0.05, 0) is 40.1 Å². The zero-order chi connectivity index (χ0) is 21.0. The molecule has 0 aliphatic carbocycles. The van der Waals surface area contributed by atoms with Crippen LogP contribution in [0.15, 0.2) is 54.6 Å². The highest BCUT2D eigenvalue weighted by molar-refractivity contribution is 7.99. The average molecular weight is 434 g/mol. The summed E-state index contributed by atoms with van der Waals surface area (Å²) in [4.78, 5) is 2.25. The lowest BCUT2D eigenvalue weighted by atomic mass is 10.0. The first-order valence-electron chi connectivity index (χ1n) is 9.81. The molecule has 5 nitrogen and oxygen atoms in total. The van der Waals surface area contributed by atoms with E-state index in [4.69, 9.17) is 0 Å². The Morgan fingerprint density at radius 2 is 1.67 bits per heavy atom. The fraction of sp³-hybridized carbons (Fsp3) is 0.381. The smallest absolute Gasteiger partial charge is 0.288 e. The van der Waals surface area contributed by atoms with Crippen LogP contribution in [0.25, 0.3) is 0 Å². The number of hydrogen-bond acceptors (Lipinski definition) is 5. The van der Waals surface area contributed by atoms with Crippen LogP contribution in [0.4, 0.5) is 13.2 Å². The van der Waals surface area contributed by atoms with Crippen LogP contribution in [0.1, 0.15) is 28.6 Å². The Labute approximate surface area is 177 Å². The van der Waals surface area contributed by atoms with E-state index >= 15 is 0 Å². The zero-order valence-corrected chi connectivity index (χ0v) is 17.1. The van der Waals surface area contributed by atoms with Gasteiger partial charge < -0.3 is 0 Å². The van der Waals surface area contributed by atoms with E-state index in [9.17, 15) is 13.2 Å². The molecule has 1 aliphatic rings. The van der Waals surface area contributed by atoms with E-state index in [2.05, 4.69) is 32.6 Å². The number of rotatable bonds is 6. The van der Waals surface area contributed by atoms with Gasteiger partial charge in [-0.25, -0.2) is 4.68 Å². The van der Waals surface area contributed by atoms with Crippen LogP contribution < -0.4 is 0 Å². The Hall–Kier alpha value is -2.39. The van der Waals surface area contributed by atoms with Crippen LogP contribution in [0.2, 0.25) is 0 Å². The number of nitrogens with zero attached hydrogens (tertiary/aromatic N) is 5. The maximum Gasteiger partial charge on any atom is 0.416 e. The summed E-state index contributed by atoms with van der Waals surface area (Å²) in [5.74, 6) is 2.61. The first-order valence-corrected chi connectivity index (χ1v) is 11.0. The summed E-state index contributed by atoms with van der Waals surface area (Å²) in [6, 6.07) is 15.2. The normalized spacial score (nSPS) is 16.5. The summed E-state index contributed by atoms with van der Waals surface area (Å²) in [5.41, 5.74) is 1.30. The van der Waals surface area contributed by atoms with Crippen LogP contribution in [0.5, 0.6) is 0 Å². The fourth-order valence-electron chi connectivity index (χ4n) is 3.66. The second kappa shape index (κ2) is 9.18. The number of aryl methyl sites for hydroxylation is 2. The van der Waals surface area contributed by atoms with Crippen molar-refractivity contribution in [2.45, 2.75) is 25.2 Å². The standard InChI is InChI=1S/C21H22F3N5S/c22-21(23,24)18-8-6-17(7-9-18)19(28-12-14-30-15-13-28)20-25-26-27-29(20)11-10-16-4-2-1-3-5-16/h1-9,19H,10-15H2/t19-/m0/s1. The molecule has 1 atom stereocenters.